The lowest BCUT2D eigenvalue weighted by molar-refractivity contribution is 0.385. The second-order valence-electron chi connectivity index (χ2n) is 5.79. The molecule has 0 aliphatic heterocycles. The first-order valence-corrected chi connectivity index (χ1v) is 7.72. The SMILES string of the molecule is NC(Cc1ccc(Cl)cc1F)CC1CCCCCC1. The van der Waals surface area contributed by atoms with Crippen LogP contribution in [-0.2, 0) is 6.42 Å². The standard InChI is InChI=1S/C16H23ClFN/c17-14-8-7-13(16(18)11-14)10-15(19)9-12-5-3-1-2-4-6-12/h7-8,11-12,15H,1-6,9-10,19H2. The molecule has 106 valence electrons. The summed E-state index contributed by atoms with van der Waals surface area (Å²) in [6.07, 6.45) is 9.57. The molecule has 1 aliphatic carbocycles. The minimum Gasteiger partial charge on any atom is -0.327 e. The summed E-state index contributed by atoms with van der Waals surface area (Å²) in [6, 6.07) is 4.91. The highest BCUT2D eigenvalue weighted by Gasteiger charge is 2.17. The van der Waals surface area contributed by atoms with E-state index in [9.17, 15) is 4.39 Å². The zero-order valence-electron chi connectivity index (χ0n) is 11.4. The molecule has 1 nitrogen and oxygen atoms in total. The predicted octanol–water partition coefficient (Wildman–Crippen LogP) is 4.71. The van der Waals surface area contributed by atoms with Crippen molar-refractivity contribution in [2.45, 2.75) is 57.4 Å². The van der Waals surface area contributed by atoms with E-state index in [4.69, 9.17) is 17.3 Å². The smallest absolute Gasteiger partial charge is 0.127 e. The van der Waals surface area contributed by atoms with Gasteiger partial charge in [0.15, 0.2) is 0 Å². The summed E-state index contributed by atoms with van der Waals surface area (Å²) in [7, 11) is 0. The van der Waals surface area contributed by atoms with Gasteiger partial charge in [0.1, 0.15) is 5.82 Å². The van der Waals surface area contributed by atoms with Crippen molar-refractivity contribution < 1.29 is 4.39 Å². The predicted molar refractivity (Wildman–Crippen MR) is 78.9 cm³/mol. The third kappa shape index (κ3) is 4.77. The molecular formula is C16H23ClFN. The molecule has 0 aromatic heterocycles. The van der Waals surface area contributed by atoms with Crippen molar-refractivity contribution in [3.63, 3.8) is 0 Å². The van der Waals surface area contributed by atoms with E-state index in [0.717, 1.165) is 12.3 Å². The fourth-order valence-corrected chi connectivity index (χ4v) is 3.24. The second kappa shape index (κ2) is 7.25. The van der Waals surface area contributed by atoms with Gasteiger partial charge < -0.3 is 5.73 Å². The van der Waals surface area contributed by atoms with Crippen molar-refractivity contribution in [1.82, 2.24) is 0 Å². The topological polar surface area (TPSA) is 26.0 Å². The average Bonchev–Trinajstić information content (AvgIpc) is 2.61. The number of hydrogen-bond donors (Lipinski definition) is 1. The Bertz CT molecular complexity index is 400. The Morgan fingerprint density at radius 2 is 1.89 bits per heavy atom. The van der Waals surface area contributed by atoms with Crippen LogP contribution in [0.4, 0.5) is 4.39 Å². The van der Waals surface area contributed by atoms with Crippen LogP contribution in [0.25, 0.3) is 0 Å². The molecule has 19 heavy (non-hydrogen) atoms. The van der Waals surface area contributed by atoms with Crippen molar-refractivity contribution in [2.75, 3.05) is 0 Å². The van der Waals surface area contributed by atoms with E-state index < -0.39 is 0 Å². The summed E-state index contributed by atoms with van der Waals surface area (Å²) in [6.45, 7) is 0. The van der Waals surface area contributed by atoms with Gasteiger partial charge in [-0.05, 0) is 36.5 Å². The van der Waals surface area contributed by atoms with E-state index in [1.54, 1.807) is 12.1 Å². The van der Waals surface area contributed by atoms with E-state index in [-0.39, 0.29) is 11.9 Å². The molecule has 2 rings (SSSR count). The average molecular weight is 284 g/mol. The summed E-state index contributed by atoms with van der Waals surface area (Å²) >= 11 is 5.76. The highest BCUT2D eigenvalue weighted by atomic mass is 35.5. The highest BCUT2D eigenvalue weighted by molar-refractivity contribution is 6.30. The van der Waals surface area contributed by atoms with Crippen LogP contribution in [0.1, 0.15) is 50.5 Å². The zero-order valence-corrected chi connectivity index (χ0v) is 12.1. The molecule has 1 saturated carbocycles. The van der Waals surface area contributed by atoms with Gasteiger partial charge in [0.2, 0.25) is 0 Å². The van der Waals surface area contributed by atoms with Gasteiger partial charge in [-0.3, -0.25) is 0 Å². The van der Waals surface area contributed by atoms with E-state index in [0.29, 0.717) is 17.0 Å². The Kier molecular flexibility index (Phi) is 5.65. The van der Waals surface area contributed by atoms with Gasteiger partial charge in [0.05, 0.1) is 0 Å². The normalized spacial score (nSPS) is 19.1. The maximum absolute atomic E-state index is 13.7. The molecule has 1 aliphatic rings. The van der Waals surface area contributed by atoms with Crippen LogP contribution in [0.2, 0.25) is 5.02 Å². The molecule has 0 radical (unpaired) electrons. The molecule has 0 amide bonds. The van der Waals surface area contributed by atoms with Crippen molar-refractivity contribution in [2.24, 2.45) is 11.7 Å². The van der Waals surface area contributed by atoms with E-state index >= 15 is 0 Å². The van der Waals surface area contributed by atoms with Gasteiger partial charge in [0.25, 0.3) is 0 Å². The molecule has 0 spiro atoms. The number of hydrogen-bond acceptors (Lipinski definition) is 1. The van der Waals surface area contributed by atoms with E-state index in [1.165, 1.54) is 44.6 Å². The zero-order chi connectivity index (χ0) is 13.7. The molecule has 3 heteroatoms. The maximum Gasteiger partial charge on any atom is 0.127 e. The van der Waals surface area contributed by atoms with Crippen LogP contribution >= 0.6 is 11.6 Å². The van der Waals surface area contributed by atoms with Crippen molar-refractivity contribution in [1.29, 1.82) is 0 Å². The van der Waals surface area contributed by atoms with Crippen LogP contribution in [0.5, 0.6) is 0 Å². The third-order valence-corrected chi connectivity index (χ3v) is 4.34. The first kappa shape index (κ1) is 14.8. The maximum atomic E-state index is 13.7. The summed E-state index contributed by atoms with van der Waals surface area (Å²) in [5.74, 6) is 0.497. The molecule has 1 atom stereocenters. The Labute approximate surface area is 120 Å². The molecule has 1 unspecified atom stereocenters. The third-order valence-electron chi connectivity index (χ3n) is 4.11. The molecule has 1 aromatic rings. The van der Waals surface area contributed by atoms with Gasteiger partial charge in [-0.25, -0.2) is 4.39 Å². The van der Waals surface area contributed by atoms with Gasteiger partial charge in [0, 0.05) is 11.1 Å². The molecule has 1 fully saturated rings. The lowest BCUT2D eigenvalue weighted by Crippen LogP contribution is -2.26. The fraction of sp³-hybridized carbons (Fsp3) is 0.625. The largest absolute Gasteiger partial charge is 0.327 e. The monoisotopic (exact) mass is 283 g/mol. The van der Waals surface area contributed by atoms with Gasteiger partial charge in [-0.2, -0.15) is 0 Å². The summed E-state index contributed by atoms with van der Waals surface area (Å²) < 4.78 is 13.7. The van der Waals surface area contributed by atoms with Crippen LogP contribution in [0, 0.1) is 11.7 Å². The van der Waals surface area contributed by atoms with Gasteiger partial charge in [-0.15, -0.1) is 0 Å². The highest BCUT2D eigenvalue weighted by Crippen LogP contribution is 2.27. The molecule has 0 heterocycles. The first-order valence-electron chi connectivity index (χ1n) is 7.34. The molecule has 0 saturated heterocycles. The molecule has 0 bridgehead atoms. The van der Waals surface area contributed by atoms with Gasteiger partial charge in [-0.1, -0.05) is 56.2 Å². The van der Waals surface area contributed by atoms with Gasteiger partial charge >= 0.3 is 0 Å². The fourth-order valence-electron chi connectivity index (χ4n) is 3.08. The Morgan fingerprint density at radius 3 is 2.53 bits per heavy atom. The number of benzene rings is 1. The first-order chi connectivity index (χ1) is 9.15. The molecular weight excluding hydrogens is 261 g/mol. The summed E-state index contributed by atoms with van der Waals surface area (Å²) in [4.78, 5) is 0. The van der Waals surface area contributed by atoms with E-state index in [1.807, 2.05) is 0 Å². The lowest BCUT2D eigenvalue weighted by atomic mass is 9.90. The Morgan fingerprint density at radius 1 is 1.21 bits per heavy atom. The number of halogens is 2. The second-order valence-corrected chi connectivity index (χ2v) is 6.23. The number of nitrogens with two attached hydrogens (primary N) is 1. The van der Waals surface area contributed by atoms with Crippen LogP contribution < -0.4 is 5.73 Å². The molecule has 1 aromatic carbocycles. The minimum atomic E-state index is -0.233. The summed E-state index contributed by atoms with van der Waals surface area (Å²) in [5.41, 5.74) is 6.88. The number of rotatable bonds is 4. The summed E-state index contributed by atoms with van der Waals surface area (Å²) in [5, 5.41) is 0.443. The van der Waals surface area contributed by atoms with Crippen molar-refractivity contribution in [3.8, 4) is 0 Å². The van der Waals surface area contributed by atoms with Crippen LogP contribution in [0.15, 0.2) is 18.2 Å². The van der Waals surface area contributed by atoms with Crippen molar-refractivity contribution in [3.05, 3.63) is 34.6 Å². The Hall–Kier alpha value is -0.600. The van der Waals surface area contributed by atoms with Crippen molar-refractivity contribution >= 4 is 11.6 Å². The quantitative estimate of drug-likeness (QED) is 0.796. The molecule has 2 N–H and O–H groups in total. The van der Waals surface area contributed by atoms with Crippen LogP contribution in [0.3, 0.4) is 0 Å². The minimum absolute atomic E-state index is 0.0544. The van der Waals surface area contributed by atoms with E-state index in [2.05, 4.69) is 0 Å². The Balaban J connectivity index is 1.87. The van der Waals surface area contributed by atoms with Crippen LogP contribution in [-0.4, -0.2) is 6.04 Å². The lowest BCUT2D eigenvalue weighted by Gasteiger charge is -2.19.